The van der Waals surface area contributed by atoms with Crippen LogP contribution < -0.4 is 9.47 Å². The highest BCUT2D eigenvalue weighted by molar-refractivity contribution is 5.82. The van der Waals surface area contributed by atoms with Crippen LogP contribution >= 0.6 is 0 Å². The molecule has 1 aromatic carbocycles. The number of hydrogen-bond donors (Lipinski definition) is 0. The van der Waals surface area contributed by atoms with Crippen LogP contribution in [0.5, 0.6) is 11.5 Å². The molecule has 2 amide bonds. The molecule has 0 radical (unpaired) electrons. The Labute approximate surface area is 152 Å². The van der Waals surface area contributed by atoms with E-state index in [1.807, 2.05) is 28.0 Å². The van der Waals surface area contributed by atoms with Crippen molar-refractivity contribution in [2.24, 2.45) is 0 Å². The van der Waals surface area contributed by atoms with Gasteiger partial charge in [-0.25, -0.2) is 0 Å². The van der Waals surface area contributed by atoms with Gasteiger partial charge >= 0.3 is 0 Å². The quantitative estimate of drug-likeness (QED) is 0.810. The molecular formula is C19H24N2O5. The maximum Gasteiger partial charge on any atom is 0.251 e. The minimum absolute atomic E-state index is 0.0765. The number of carbonyl (C=O) groups excluding carboxylic acids is 2. The van der Waals surface area contributed by atoms with Crippen LogP contribution in [0.2, 0.25) is 0 Å². The first-order chi connectivity index (χ1) is 12.7. The number of fused-ring (bicyclic) bond motifs is 1. The summed E-state index contributed by atoms with van der Waals surface area (Å²) in [4.78, 5) is 28.9. The van der Waals surface area contributed by atoms with Crippen molar-refractivity contribution >= 4 is 11.8 Å². The van der Waals surface area contributed by atoms with Gasteiger partial charge in [-0.2, -0.15) is 0 Å². The average molecular weight is 360 g/mol. The van der Waals surface area contributed by atoms with Crippen LogP contribution in [0.15, 0.2) is 18.2 Å². The Bertz CT molecular complexity index is 687. The molecule has 3 heterocycles. The van der Waals surface area contributed by atoms with Crippen molar-refractivity contribution in [3.8, 4) is 11.5 Å². The number of carbonyl (C=O) groups is 2. The lowest BCUT2D eigenvalue weighted by Crippen LogP contribution is -2.42. The summed E-state index contributed by atoms with van der Waals surface area (Å²) in [5.74, 6) is 1.57. The van der Waals surface area contributed by atoms with Gasteiger partial charge in [0.2, 0.25) is 12.7 Å². The number of nitrogens with zero attached hydrogens (tertiary/aromatic N) is 2. The molecule has 0 N–H and O–H groups in total. The molecule has 7 heteroatoms. The van der Waals surface area contributed by atoms with Crippen molar-refractivity contribution in [1.29, 1.82) is 0 Å². The molecule has 0 spiro atoms. The van der Waals surface area contributed by atoms with Crippen molar-refractivity contribution in [3.63, 3.8) is 0 Å². The largest absolute Gasteiger partial charge is 0.454 e. The second-order valence-electron chi connectivity index (χ2n) is 6.93. The lowest BCUT2D eigenvalue weighted by molar-refractivity contribution is -0.141. The van der Waals surface area contributed by atoms with Crippen LogP contribution in [0, 0.1) is 0 Å². The number of amides is 2. The first-order valence-corrected chi connectivity index (χ1v) is 9.27. The van der Waals surface area contributed by atoms with Crippen LogP contribution in [0.25, 0.3) is 0 Å². The molecule has 3 aliphatic heterocycles. The SMILES string of the molecule is O=C(Cc1ccc2c(c1)OCO2)N1CCCN(C(=O)C2CCCO2)CC1. The summed E-state index contributed by atoms with van der Waals surface area (Å²) in [6, 6.07) is 5.61. The number of rotatable bonds is 3. The van der Waals surface area contributed by atoms with Crippen LogP contribution in [0.1, 0.15) is 24.8 Å². The summed E-state index contributed by atoms with van der Waals surface area (Å²) in [5.41, 5.74) is 0.913. The molecule has 3 aliphatic rings. The van der Waals surface area contributed by atoms with Gasteiger partial charge in [-0.05, 0) is 37.0 Å². The lowest BCUT2D eigenvalue weighted by Gasteiger charge is -2.24. The maximum absolute atomic E-state index is 12.7. The van der Waals surface area contributed by atoms with Gasteiger partial charge in [0.05, 0.1) is 6.42 Å². The van der Waals surface area contributed by atoms with Gasteiger partial charge in [0, 0.05) is 32.8 Å². The molecule has 7 nitrogen and oxygen atoms in total. The molecule has 2 saturated heterocycles. The highest BCUT2D eigenvalue weighted by Crippen LogP contribution is 2.32. The van der Waals surface area contributed by atoms with E-state index in [0.717, 1.165) is 30.6 Å². The predicted octanol–water partition coefficient (Wildman–Crippen LogP) is 1.20. The summed E-state index contributed by atoms with van der Waals surface area (Å²) in [6.45, 7) is 3.41. The van der Waals surface area contributed by atoms with E-state index in [9.17, 15) is 9.59 Å². The van der Waals surface area contributed by atoms with Gasteiger partial charge in [0.25, 0.3) is 5.91 Å². The third-order valence-corrected chi connectivity index (χ3v) is 5.16. The highest BCUT2D eigenvalue weighted by atomic mass is 16.7. The Morgan fingerprint density at radius 2 is 1.81 bits per heavy atom. The zero-order valence-electron chi connectivity index (χ0n) is 14.8. The molecule has 0 saturated carbocycles. The van der Waals surface area contributed by atoms with Crippen LogP contribution in [0.3, 0.4) is 0 Å². The van der Waals surface area contributed by atoms with Crippen LogP contribution in [0.4, 0.5) is 0 Å². The van der Waals surface area contributed by atoms with E-state index in [-0.39, 0.29) is 24.7 Å². The normalized spacial score (nSPS) is 22.4. The third kappa shape index (κ3) is 3.62. The Kier molecular flexibility index (Phi) is 4.97. The molecule has 1 unspecified atom stereocenters. The first-order valence-electron chi connectivity index (χ1n) is 9.27. The van der Waals surface area contributed by atoms with Gasteiger partial charge in [0.15, 0.2) is 11.5 Å². The molecule has 0 aliphatic carbocycles. The van der Waals surface area contributed by atoms with Gasteiger partial charge in [-0.3, -0.25) is 9.59 Å². The zero-order valence-corrected chi connectivity index (χ0v) is 14.8. The fraction of sp³-hybridized carbons (Fsp3) is 0.579. The van der Waals surface area contributed by atoms with E-state index >= 15 is 0 Å². The summed E-state index contributed by atoms with van der Waals surface area (Å²) in [5, 5.41) is 0. The molecule has 1 aromatic rings. The summed E-state index contributed by atoms with van der Waals surface area (Å²) >= 11 is 0. The first kappa shape index (κ1) is 17.1. The van der Waals surface area contributed by atoms with Crippen molar-refractivity contribution < 1.29 is 23.8 Å². The topological polar surface area (TPSA) is 68.3 Å². The Hall–Kier alpha value is -2.28. The molecule has 4 rings (SSSR count). The van der Waals surface area contributed by atoms with E-state index in [1.54, 1.807) is 0 Å². The molecule has 0 bridgehead atoms. The fourth-order valence-electron chi connectivity index (χ4n) is 3.70. The van der Waals surface area contributed by atoms with Crippen LogP contribution in [-0.2, 0) is 20.7 Å². The second-order valence-corrected chi connectivity index (χ2v) is 6.93. The predicted molar refractivity (Wildman–Crippen MR) is 93.0 cm³/mol. The molecule has 2 fully saturated rings. The zero-order chi connectivity index (χ0) is 17.9. The number of ether oxygens (including phenoxy) is 3. The standard InChI is InChI=1S/C19H24N2O5/c22-18(12-14-4-5-15-17(11-14)26-13-25-15)20-6-2-7-21(9-8-20)19(23)16-3-1-10-24-16/h4-5,11,16H,1-3,6-10,12-13H2. The third-order valence-electron chi connectivity index (χ3n) is 5.16. The highest BCUT2D eigenvalue weighted by Gasteiger charge is 2.30. The molecular weight excluding hydrogens is 336 g/mol. The van der Waals surface area contributed by atoms with E-state index in [2.05, 4.69) is 0 Å². The second kappa shape index (κ2) is 7.53. The molecule has 26 heavy (non-hydrogen) atoms. The number of hydrogen-bond acceptors (Lipinski definition) is 5. The van der Waals surface area contributed by atoms with Gasteiger partial charge in [-0.1, -0.05) is 6.07 Å². The van der Waals surface area contributed by atoms with Crippen molar-refractivity contribution in [3.05, 3.63) is 23.8 Å². The minimum Gasteiger partial charge on any atom is -0.454 e. The van der Waals surface area contributed by atoms with Crippen molar-refractivity contribution in [1.82, 2.24) is 9.80 Å². The Morgan fingerprint density at radius 1 is 1.00 bits per heavy atom. The number of benzene rings is 1. The average Bonchev–Trinajstić information content (AvgIpc) is 3.28. The van der Waals surface area contributed by atoms with E-state index in [1.165, 1.54) is 0 Å². The van der Waals surface area contributed by atoms with Gasteiger partial charge in [0.1, 0.15) is 6.10 Å². The van der Waals surface area contributed by atoms with Gasteiger partial charge in [-0.15, -0.1) is 0 Å². The fourth-order valence-corrected chi connectivity index (χ4v) is 3.70. The lowest BCUT2D eigenvalue weighted by atomic mass is 10.1. The van der Waals surface area contributed by atoms with E-state index < -0.39 is 0 Å². The van der Waals surface area contributed by atoms with Gasteiger partial charge < -0.3 is 24.0 Å². The van der Waals surface area contributed by atoms with Crippen molar-refractivity contribution in [2.75, 3.05) is 39.6 Å². The van der Waals surface area contributed by atoms with E-state index in [4.69, 9.17) is 14.2 Å². The minimum atomic E-state index is -0.286. The van der Waals surface area contributed by atoms with Crippen molar-refractivity contribution in [2.45, 2.75) is 31.8 Å². The molecule has 140 valence electrons. The monoisotopic (exact) mass is 360 g/mol. The smallest absolute Gasteiger partial charge is 0.251 e. The van der Waals surface area contributed by atoms with E-state index in [0.29, 0.717) is 45.0 Å². The Balaban J connectivity index is 1.33. The Morgan fingerprint density at radius 3 is 2.65 bits per heavy atom. The maximum atomic E-state index is 12.7. The molecule has 0 aromatic heterocycles. The summed E-state index contributed by atoms with van der Waals surface area (Å²) in [7, 11) is 0. The molecule has 1 atom stereocenters. The summed E-state index contributed by atoms with van der Waals surface area (Å²) < 4.78 is 16.2. The summed E-state index contributed by atoms with van der Waals surface area (Å²) in [6.07, 6.45) is 2.60. The van der Waals surface area contributed by atoms with Crippen LogP contribution in [-0.4, -0.2) is 67.3 Å².